The summed E-state index contributed by atoms with van der Waals surface area (Å²) in [4.78, 5) is 12.0. The van der Waals surface area contributed by atoms with Crippen molar-refractivity contribution in [3.05, 3.63) is 18.1 Å². The predicted molar refractivity (Wildman–Crippen MR) is 54.1 cm³/mol. The first-order valence-corrected chi connectivity index (χ1v) is 5.17. The minimum absolute atomic E-state index is 0.237. The molecular formula is C10H14O2S. The van der Waals surface area contributed by atoms with Gasteiger partial charge in [0, 0.05) is 16.6 Å². The SMILES string of the molecule is CC(=O)CC(C)Sc1ccoc1C. The van der Waals surface area contributed by atoms with E-state index in [0.29, 0.717) is 11.7 Å². The molecule has 0 bridgehead atoms. The van der Waals surface area contributed by atoms with E-state index in [1.165, 1.54) is 0 Å². The van der Waals surface area contributed by atoms with Gasteiger partial charge >= 0.3 is 0 Å². The quantitative estimate of drug-likeness (QED) is 0.696. The Morgan fingerprint density at radius 3 is 2.85 bits per heavy atom. The first-order chi connectivity index (χ1) is 6.09. The Hall–Kier alpha value is -0.700. The van der Waals surface area contributed by atoms with Gasteiger partial charge < -0.3 is 4.42 Å². The Kier molecular flexibility index (Phi) is 3.60. The number of carbonyl (C=O) groups is 1. The van der Waals surface area contributed by atoms with Gasteiger partial charge in [0.2, 0.25) is 0 Å². The van der Waals surface area contributed by atoms with Crippen molar-refractivity contribution in [3.8, 4) is 0 Å². The van der Waals surface area contributed by atoms with Crippen LogP contribution in [0, 0.1) is 6.92 Å². The Balaban J connectivity index is 2.49. The highest BCUT2D eigenvalue weighted by Gasteiger charge is 2.09. The van der Waals surface area contributed by atoms with Gasteiger partial charge in [0.25, 0.3) is 0 Å². The van der Waals surface area contributed by atoms with E-state index in [1.807, 2.05) is 13.0 Å². The van der Waals surface area contributed by atoms with E-state index in [-0.39, 0.29) is 5.78 Å². The fourth-order valence-corrected chi connectivity index (χ4v) is 2.26. The monoisotopic (exact) mass is 198 g/mol. The maximum atomic E-state index is 10.8. The smallest absolute Gasteiger partial charge is 0.130 e. The molecule has 2 nitrogen and oxygen atoms in total. The highest BCUT2D eigenvalue weighted by Crippen LogP contribution is 2.28. The summed E-state index contributed by atoms with van der Waals surface area (Å²) in [5.41, 5.74) is 0. The molecule has 0 aliphatic carbocycles. The number of aryl methyl sites for hydroxylation is 1. The summed E-state index contributed by atoms with van der Waals surface area (Å²) >= 11 is 1.69. The minimum atomic E-state index is 0.237. The molecule has 3 heteroatoms. The van der Waals surface area contributed by atoms with Gasteiger partial charge in [0.1, 0.15) is 11.5 Å². The molecule has 0 saturated heterocycles. The van der Waals surface area contributed by atoms with Crippen LogP contribution in [0.15, 0.2) is 21.6 Å². The molecule has 0 N–H and O–H groups in total. The van der Waals surface area contributed by atoms with Crippen molar-refractivity contribution >= 4 is 17.5 Å². The first-order valence-electron chi connectivity index (χ1n) is 4.29. The maximum absolute atomic E-state index is 10.8. The van der Waals surface area contributed by atoms with Gasteiger partial charge in [0.15, 0.2) is 0 Å². The van der Waals surface area contributed by atoms with E-state index < -0.39 is 0 Å². The fourth-order valence-electron chi connectivity index (χ4n) is 1.16. The summed E-state index contributed by atoms with van der Waals surface area (Å²) in [5.74, 6) is 1.17. The zero-order chi connectivity index (χ0) is 9.84. The number of hydrogen-bond donors (Lipinski definition) is 0. The lowest BCUT2D eigenvalue weighted by atomic mass is 10.2. The van der Waals surface area contributed by atoms with Crippen LogP contribution in [0.25, 0.3) is 0 Å². The van der Waals surface area contributed by atoms with Crippen LogP contribution in [0.4, 0.5) is 0 Å². The zero-order valence-corrected chi connectivity index (χ0v) is 8.98. The molecule has 1 atom stereocenters. The van der Waals surface area contributed by atoms with Gasteiger partial charge in [-0.25, -0.2) is 0 Å². The molecule has 0 aliphatic heterocycles. The zero-order valence-electron chi connectivity index (χ0n) is 8.16. The normalized spacial score (nSPS) is 12.8. The molecular weight excluding hydrogens is 184 g/mol. The van der Waals surface area contributed by atoms with Crippen LogP contribution < -0.4 is 0 Å². The second-order valence-electron chi connectivity index (χ2n) is 3.18. The lowest BCUT2D eigenvalue weighted by Crippen LogP contribution is -2.02. The molecule has 1 aromatic rings. The van der Waals surface area contributed by atoms with Crippen molar-refractivity contribution in [2.45, 2.75) is 37.3 Å². The topological polar surface area (TPSA) is 30.2 Å². The Labute approximate surface area is 82.7 Å². The number of thioether (sulfide) groups is 1. The van der Waals surface area contributed by atoms with Gasteiger partial charge in [0.05, 0.1) is 6.26 Å². The van der Waals surface area contributed by atoms with Gasteiger partial charge in [-0.2, -0.15) is 0 Å². The number of carbonyl (C=O) groups excluding carboxylic acids is 1. The van der Waals surface area contributed by atoms with Crippen molar-refractivity contribution in [2.24, 2.45) is 0 Å². The molecule has 1 aromatic heterocycles. The lowest BCUT2D eigenvalue weighted by Gasteiger charge is -2.07. The molecule has 72 valence electrons. The molecule has 1 heterocycles. The molecule has 0 fully saturated rings. The molecule has 0 spiro atoms. The summed E-state index contributed by atoms with van der Waals surface area (Å²) in [6.07, 6.45) is 2.30. The predicted octanol–water partition coefficient (Wildman–Crippen LogP) is 3.05. The van der Waals surface area contributed by atoms with E-state index in [1.54, 1.807) is 24.9 Å². The molecule has 0 amide bonds. The second kappa shape index (κ2) is 4.51. The van der Waals surface area contributed by atoms with Crippen LogP contribution in [0.2, 0.25) is 0 Å². The Bertz CT molecular complexity index is 291. The lowest BCUT2D eigenvalue weighted by molar-refractivity contribution is -0.116. The highest BCUT2D eigenvalue weighted by molar-refractivity contribution is 8.00. The summed E-state index contributed by atoms with van der Waals surface area (Å²) in [7, 11) is 0. The second-order valence-corrected chi connectivity index (χ2v) is 4.66. The van der Waals surface area contributed by atoms with E-state index in [4.69, 9.17) is 4.42 Å². The number of ketones is 1. The van der Waals surface area contributed by atoms with Crippen molar-refractivity contribution < 1.29 is 9.21 Å². The van der Waals surface area contributed by atoms with E-state index >= 15 is 0 Å². The van der Waals surface area contributed by atoms with Gasteiger partial charge in [-0.15, -0.1) is 11.8 Å². The minimum Gasteiger partial charge on any atom is -0.468 e. The van der Waals surface area contributed by atoms with Crippen molar-refractivity contribution in [3.63, 3.8) is 0 Å². The van der Waals surface area contributed by atoms with Crippen LogP contribution in [-0.2, 0) is 4.79 Å². The summed E-state index contributed by atoms with van der Waals surface area (Å²) in [6, 6.07) is 1.94. The largest absolute Gasteiger partial charge is 0.468 e. The Morgan fingerprint density at radius 2 is 2.38 bits per heavy atom. The first kappa shape index (κ1) is 10.4. The van der Waals surface area contributed by atoms with Crippen molar-refractivity contribution in [2.75, 3.05) is 0 Å². The van der Waals surface area contributed by atoms with Crippen molar-refractivity contribution in [1.29, 1.82) is 0 Å². The van der Waals surface area contributed by atoms with Crippen molar-refractivity contribution in [1.82, 2.24) is 0 Å². The average molecular weight is 198 g/mol. The molecule has 1 rings (SSSR count). The van der Waals surface area contributed by atoms with E-state index in [9.17, 15) is 4.79 Å². The standard InChI is InChI=1S/C10H14O2S/c1-7(11)6-8(2)13-10-4-5-12-9(10)3/h4-5,8H,6H2,1-3H3. The van der Waals surface area contributed by atoms with E-state index in [2.05, 4.69) is 6.92 Å². The summed E-state index contributed by atoms with van der Waals surface area (Å²) in [6.45, 7) is 5.61. The third kappa shape index (κ3) is 3.27. The maximum Gasteiger partial charge on any atom is 0.130 e. The van der Waals surface area contributed by atoms with Crippen LogP contribution in [0.1, 0.15) is 26.0 Å². The average Bonchev–Trinajstić information content (AvgIpc) is 2.34. The molecule has 1 unspecified atom stereocenters. The molecule has 0 aliphatic rings. The van der Waals surface area contributed by atoms with E-state index in [0.717, 1.165) is 10.7 Å². The van der Waals surface area contributed by atoms with Gasteiger partial charge in [-0.05, 0) is 19.9 Å². The number of furan rings is 1. The molecule has 0 saturated carbocycles. The third-order valence-electron chi connectivity index (χ3n) is 1.71. The van der Waals surface area contributed by atoms with Gasteiger partial charge in [-0.3, -0.25) is 4.79 Å². The fraction of sp³-hybridized carbons (Fsp3) is 0.500. The van der Waals surface area contributed by atoms with Gasteiger partial charge in [-0.1, -0.05) is 6.92 Å². The van der Waals surface area contributed by atoms with Crippen LogP contribution in [0.3, 0.4) is 0 Å². The Morgan fingerprint density at radius 1 is 1.69 bits per heavy atom. The molecule has 0 radical (unpaired) electrons. The van der Waals surface area contributed by atoms with Crippen LogP contribution in [-0.4, -0.2) is 11.0 Å². The molecule has 13 heavy (non-hydrogen) atoms. The highest BCUT2D eigenvalue weighted by atomic mass is 32.2. The van der Waals surface area contributed by atoms with Crippen LogP contribution in [0.5, 0.6) is 0 Å². The third-order valence-corrected chi connectivity index (χ3v) is 2.96. The van der Waals surface area contributed by atoms with Crippen LogP contribution >= 0.6 is 11.8 Å². The summed E-state index contributed by atoms with van der Waals surface area (Å²) < 4.78 is 5.16. The number of Topliss-reactive ketones (excluding diaryl/α,β-unsaturated/α-hetero) is 1. The number of rotatable bonds is 4. The molecule has 0 aromatic carbocycles. The summed E-state index contributed by atoms with van der Waals surface area (Å²) in [5, 5.41) is 0.328. The number of hydrogen-bond acceptors (Lipinski definition) is 3.